The van der Waals surface area contributed by atoms with Gasteiger partial charge in [-0.05, 0) is 108 Å². The molecule has 4 heteroatoms. The number of aromatic carboxylic acids is 1. The Kier molecular flexibility index (Phi) is 6.57. The fourth-order valence-corrected chi connectivity index (χ4v) is 4.53. The fraction of sp³-hybridized carbons (Fsp3) is 0.161. The molecule has 0 radical (unpaired) electrons. The average Bonchev–Trinajstić information content (AvgIpc) is 2.86. The van der Waals surface area contributed by atoms with Gasteiger partial charge >= 0.3 is 11.9 Å². The summed E-state index contributed by atoms with van der Waals surface area (Å²) in [6, 6.07) is 23.3. The average molecular weight is 465 g/mol. The second kappa shape index (κ2) is 9.59. The number of ether oxygens (including phenoxy) is 1. The SMILES string of the molecule is COC(=O)c1ccc(-c2cc(C)c(-c3cc(C)c(-c4ccc(C(=O)O)cc4)cc3C)cc2C)cc1. The molecule has 0 aliphatic carbocycles. The van der Waals surface area contributed by atoms with E-state index in [1.54, 1.807) is 24.3 Å². The predicted molar refractivity (Wildman–Crippen MR) is 140 cm³/mol. The van der Waals surface area contributed by atoms with E-state index in [-0.39, 0.29) is 11.5 Å². The van der Waals surface area contributed by atoms with Crippen molar-refractivity contribution in [1.82, 2.24) is 0 Å². The zero-order valence-electron chi connectivity index (χ0n) is 20.6. The number of hydrogen-bond acceptors (Lipinski definition) is 3. The van der Waals surface area contributed by atoms with Crippen LogP contribution in [0.5, 0.6) is 0 Å². The second-order valence-electron chi connectivity index (χ2n) is 8.92. The number of carbonyl (C=O) groups is 2. The molecule has 35 heavy (non-hydrogen) atoms. The molecular weight excluding hydrogens is 436 g/mol. The van der Waals surface area contributed by atoms with Gasteiger partial charge in [0.2, 0.25) is 0 Å². The molecule has 1 N–H and O–H groups in total. The van der Waals surface area contributed by atoms with Gasteiger partial charge < -0.3 is 9.84 Å². The summed E-state index contributed by atoms with van der Waals surface area (Å²) in [4.78, 5) is 22.9. The molecule has 0 aliphatic heterocycles. The van der Waals surface area contributed by atoms with E-state index in [1.165, 1.54) is 23.8 Å². The molecular formula is C31H28O4. The van der Waals surface area contributed by atoms with E-state index in [1.807, 2.05) is 24.3 Å². The highest BCUT2D eigenvalue weighted by molar-refractivity contribution is 5.90. The summed E-state index contributed by atoms with van der Waals surface area (Å²) in [6.45, 7) is 8.42. The summed E-state index contributed by atoms with van der Waals surface area (Å²) in [7, 11) is 1.38. The van der Waals surface area contributed by atoms with Crippen LogP contribution in [-0.4, -0.2) is 24.2 Å². The molecule has 0 aromatic heterocycles. The Morgan fingerprint density at radius 1 is 0.571 bits per heavy atom. The predicted octanol–water partition coefficient (Wildman–Crippen LogP) is 7.41. The first-order valence-electron chi connectivity index (χ1n) is 11.4. The van der Waals surface area contributed by atoms with Crippen LogP contribution in [-0.2, 0) is 4.74 Å². The van der Waals surface area contributed by atoms with Crippen LogP contribution >= 0.6 is 0 Å². The van der Waals surface area contributed by atoms with E-state index in [9.17, 15) is 14.7 Å². The highest BCUT2D eigenvalue weighted by Crippen LogP contribution is 2.36. The largest absolute Gasteiger partial charge is 0.478 e. The lowest BCUT2D eigenvalue weighted by atomic mass is 9.87. The maximum Gasteiger partial charge on any atom is 0.337 e. The van der Waals surface area contributed by atoms with E-state index < -0.39 is 5.97 Å². The minimum atomic E-state index is -0.923. The Morgan fingerprint density at radius 3 is 1.29 bits per heavy atom. The van der Waals surface area contributed by atoms with Crippen LogP contribution in [0.3, 0.4) is 0 Å². The van der Waals surface area contributed by atoms with Crippen LogP contribution in [0, 0.1) is 27.7 Å². The topological polar surface area (TPSA) is 63.6 Å². The summed E-state index contributed by atoms with van der Waals surface area (Å²) in [5.74, 6) is -1.26. The maximum absolute atomic E-state index is 11.8. The molecule has 4 nitrogen and oxygen atoms in total. The van der Waals surface area contributed by atoms with E-state index in [0.717, 1.165) is 38.9 Å². The Morgan fingerprint density at radius 2 is 0.914 bits per heavy atom. The molecule has 4 rings (SSSR count). The minimum absolute atomic E-state index is 0.283. The summed E-state index contributed by atoms with van der Waals surface area (Å²) < 4.78 is 4.80. The van der Waals surface area contributed by atoms with Gasteiger partial charge in [0.25, 0.3) is 0 Å². The molecule has 0 bridgehead atoms. The zero-order valence-corrected chi connectivity index (χ0v) is 20.6. The molecule has 0 heterocycles. The Hall–Kier alpha value is -4.18. The number of aryl methyl sites for hydroxylation is 4. The molecule has 0 atom stereocenters. The molecule has 0 fully saturated rings. The van der Waals surface area contributed by atoms with E-state index in [2.05, 4.69) is 52.0 Å². The molecule has 4 aromatic rings. The third-order valence-corrected chi connectivity index (χ3v) is 6.49. The highest BCUT2D eigenvalue weighted by atomic mass is 16.5. The zero-order chi connectivity index (χ0) is 25.3. The van der Waals surface area contributed by atoms with E-state index >= 15 is 0 Å². The third kappa shape index (κ3) is 4.73. The third-order valence-electron chi connectivity index (χ3n) is 6.49. The summed E-state index contributed by atoms with van der Waals surface area (Å²) >= 11 is 0. The number of methoxy groups -OCH3 is 1. The Balaban J connectivity index is 1.71. The summed E-state index contributed by atoms with van der Waals surface area (Å²) in [5.41, 5.74) is 12.1. The number of carboxylic acids is 1. The van der Waals surface area contributed by atoms with Gasteiger partial charge in [0.05, 0.1) is 18.2 Å². The standard InChI is InChI=1S/C31H28O4/c1-18-16-28(20(3)14-26(18)22-6-10-24(11-7-22)30(32)33)29-17-19(2)27(15-21(29)4)23-8-12-25(13-9-23)31(34)35-5/h6-17H,1-5H3,(H,32,33). The van der Waals surface area contributed by atoms with Crippen molar-refractivity contribution in [2.75, 3.05) is 7.11 Å². The Bertz CT molecular complexity index is 1430. The summed E-state index contributed by atoms with van der Waals surface area (Å²) in [6.07, 6.45) is 0. The van der Waals surface area contributed by atoms with Crippen molar-refractivity contribution in [1.29, 1.82) is 0 Å². The van der Waals surface area contributed by atoms with Gasteiger partial charge in [-0.3, -0.25) is 0 Å². The molecule has 0 saturated heterocycles. The molecule has 176 valence electrons. The molecule has 0 aliphatic rings. The van der Waals surface area contributed by atoms with Crippen LogP contribution in [0.15, 0.2) is 72.8 Å². The van der Waals surface area contributed by atoms with Gasteiger partial charge in [0.15, 0.2) is 0 Å². The molecule has 0 amide bonds. The van der Waals surface area contributed by atoms with Crippen LogP contribution < -0.4 is 0 Å². The van der Waals surface area contributed by atoms with Crippen molar-refractivity contribution in [3.05, 3.63) is 106 Å². The fourth-order valence-electron chi connectivity index (χ4n) is 4.53. The maximum atomic E-state index is 11.8. The Labute approximate surface area is 205 Å². The van der Waals surface area contributed by atoms with Gasteiger partial charge in [-0.1, -0.05) is 48.5 Å². The molecule has 0 spiro atoms. The summed E-state index contributed by atoms with van der Waals surface area (Å²) in [5, 5.41) is 9.17. The van der Waals surface area contributed by atoms with E-state index in [0.29, 0.717) is 5.56 Å². The second-order valence-corrected chi connectivity index (χ2v) is 8.92. The highest BCUT2D eigenvalue weighted by Gasteiger charge is 2.14. The van der Waals surface area contributed by atoms with Gasteiger partial charge in [-0.25, -0.2) is 9.59 Å². The monoisotopic (exact) mass is 464 g/mol. The number of carbonyl (C=O) groups excluding carboxylic acids is 1. The first kappa shape index (κ1) is 24.0. The van der Waals surface area contributed by atoms with Crippen molar-refractivity contribution in [2.24, 2.45) is 0 Å². The lowest BCUT2D eigenvalue weighted by Crippen LogP contribution is -2.00. The normalized spacial score (nSPS) is 10.8. The minimum Gasteiger partial charge on any atom is -0.478 e. The molecule has 0 saturated carbocycles. The van der Waals surface area contributed by atoms with Gasteiger partial charge in [0.1, 0.15) is 0 Å². The lowest BCUT2D eigenvalue weighted by molar-refractivity contribution is 0.0600. The van der Waals surface area contributed by atoms with Crippen LogP contribution in [0.2, 0.25) is 0 Å². The first-order chi connectivity index (χ1) is 16.7. The van der Waals surface area contributed by atoms with Crippen LogP contribution in [0.25, 0.3) is 33.4 Å². The number of benzene rings is 4. The van der Waals surface area contributed by atoms with Crippen LogP contribution in [0.4, 0.5) is 0 Å². The lowest BCUT2D eigenvalue weighted by Gasteiger charge is -2.17. The number of carboxylic acid groups (broad SMARTS) is 1. The molecule has 0 unspecified atom stereocenters. The number of hydrogen-bond donors (Lipinski definition) is 1. The van der Waals surface area contributed by atoms with Gasteiger partial charge in [-0.15, -0.1) is 0 Å². The van der Waals surface area contributed by atoms with Crippen molar-refractivity contribution in [2.45, 2.75) is 27.7 Å². The van der Waals surface area contributed by atoms with E-state index in [4.69, 9.17) is 4.74 Å². The van der Waals surface area contributed by atoms with Crippen LogP contribution in [0.1, 0.15) is 43.0 Å². The van der Waals surface area contributed by atoms with Crippen molar-refractivity contribution in [3.63, 3.8) is 0 Å². The van der Waals surface area contributed by atoms with Gasteiger partial charge in [0, 0.05) is 0 Å². The number of rotatable bonds is 5. The quantitative estimate of drug-likeness (QED) is 0.312. The van der Waals surface area contributed by atoms with Crippen molar-refractivity contribution in [3.8, 4) is 33.4 Å². The smallest absolute Gasteiger partial charge is 0.337 e. The van der Waals surface area contributed by atoms with Crippen molar-refractivity contribution >= 4 is 11.9 Å². The number of esters is 1. The molecule has 4 aromatic carbocycles. The van der Waals surface area contributed by atoms with Gasteiger partial charge in [-0.2, -0.15) is 0 Å². The first-order valence-corrected chi connectivity index (χ1v) is 11.4. The van der Waals surface area contributed by atoms with Crippen molar-refractivity contribution < 1.29 is 19.4 Å².